The smallest absolute Gasteiger partial charge is 0.276 e. The highest BCUT2D eigenvalue weighted by Crippen LogP contribution is 2.34. The van der Waals surface area contributed by atoms with E-state index in [1.54, 1.807) is 22.2 Å². The molecule has 0 N–H and O–H groups in total. The lowest BCUT2D eigenvalue weighted by atomic mass is 9.97. The molecule has 140 valence electrons. The lowest BCUT2D eigenvalue weighted by Gasteiger charge is -2.30. The fraction of sp³-hybridized carbons (Fsp3) is 0.238. The standard InChI is InChI=1S/C21H19N5OS/c27-21(18-14-26(24-23-18)16-6-2-1-3-7-16)25-12-10-15(11-13-25)20-22-17-8-4-5-9-19(17)28-20/h1-9,14-15H,10-13H2. The van der Waals surface area contributed by atoms with E-state index < -0.39 is 0 Å². The van der Waals surface area contributed by atoms with Crippen LogP contribution in [0.4, 0.5) is 0 Å². The van der Waals surface area contributed by atoms with Gasteiger partial charge in [-0.25, -0.2) is 9.67 Å². The van der Waals surface area contributed by atoms with Crippen molar-refractivity contribution in [3.63, 3.8) is 0 Å². The van der Waals surface area contributed by atoms with Crippen molar-refractivity contribution in [2.24, 2.45) is 0 Å². The average molecular weight is 389 g/mol. The molecular formula is C21H19N5OS. The van der Waals surface area contributed by atoms with Gasteiger partial charge in [-0.1, -0.05) is 35.5 Å². The fourth-order valence-electron chi connectivity index (χ4n) is 3.62. The van der Waals surface area contributed by atoms with E-state index in [4.69, 9.17) is 4.98 Å². The first-order chi connectivity index (χ1) is 13.8. The number of hydrogen-bond donors (Lipinski definition) is 0. The Morgan fingerprint density at radius 2 is 1.75 bits per heavy atom. The number of para-hydroxylation sites is 2. The molecule has 4 aromatic rings. The average Bonchev–Trinajstić information content (AvgIpc) is 3.41. The lowest BCUT2D eigenvalue weighted by molar-refractivity contribution is 0.0707. The van der Waals surface area contributed by atoms with Crippen molar-refractivity contribution in [2.75, 3.05) is 13.1 Å². The van der Waals surface area contributed by atoms with Crippen LogP contribution in [0.2, 0.25) is 0 Å². The maximum atomic E-state index is 12.8. The van der Waals surface area contributed by atoms with E-state index in [2.05, 4.69) is 22.4 Å². The van der Waals surface area contributed by atoms with E-state index in [1.807, 2.05) is 47.4 Å². The molecule has 0 atom stereocenters. The zero-order valence-electron chi connectivity index (χ0n) is 15.2. The zero-order valence-corrected chi connectivity index (χ0v) is 16.0. The minimum absolute atomic E-state index is 0.0510. The Labute approximate surface area is 166 Å². The molecule has 1 saturated heterocycles. The molecule has 0 bridgehead atoms. The van der Waals surface area contributed by atoms with Gasteiger partial charge in [0.15, 0.2) is 5.69 Å². The van der Waals surface area contributed by atoms with Crippen molar-refractivity contribution in [1.29, 1.82) is 0 Å². The van der Waals surface area contributed by atoms with Crippen molar-refractivity contribution < 1.29 is 4.79 Å². The van der Waals surface area contributed by atoms with Gasteiger partial charge in [-0.3, -0.25) is 4.79 Å². The lowest BCUT2D eigenvalue weighted by Crippen LogP contribution is -2.38. The van der Waals surface area contributed by atoms with Gasteiger partial charge < -0.3 is 4.90 Å². The van der Waals surface area contributed by atoms with E-state index in [9.17, 15) is 4.79 Å². The predicted molar refractivity (Wildman–Crippen MR) is 109 cm³/mol. The highest BCUT2D eigenvalue weighted by molar-refractivity contribution is 7.18. The number of aromatic nitrogens is 4. The Bertz CT molecular complexity index is 1080. The van der Waals surface area contributed by atoms with Crippen LogP contribution in [0, 0.1) is 0 Å². The number of rotatable bonds is 3. The first kappa shape index (κ1) is 17.1. The first-order valence-electron chi connectivity index (χ1n) is 9.40. The third-order valence-electron chi connectivity index (χ3n) is 5.18. The van der Waals surface area contributed by atoms with Crippen LogP contribution in [-0.2, 0) is 0 Å². The van der Waals surface area contributed by atoms with Gasteiger partial charge in [-0.2, -0.15) is 0 Å². The van der Waals surface area contributed by atoms with Crippen LogP contribution in [0.5, 0.6) is 0 Å². The number of hydrogen-bond acceptors (Lipinski definition) is 5. The second kappa shape index (κ2) is 7.16. The first-order valence-corrected chi connectivity index (χ1v) is 10.2. The van der Waals surface area contributed by atoms with Crippen molar-refractivity contribution >= 4 is 27.5 Å². The molecule has 0 aliphatic carbocycles. The minimum atomic E-state index is -0.0510. The topological polar surface area (TPSA) is 63.9 Å². The largest absolute Gasteiger partial charge is 0.337 e. The van der Waals surface area contributed by atoms with Crippen LogP contribution < -0.4 is 0 Å². The summed E-state index contributed by atoms with van der Waals surface area (Å²) >= 11 is 1.77. The summed E-state index contributed by atoms with van der Waals surface area (Å²) in [5, 5.41) is 9.37. The Kier molecular flexibility index (Phi) is 4.37. The molecule has 2 aromatic carbocycles. The van der Waals surface area contributed by atoms with Gasteiger partial charge in [0.25, 0.3) is 5.91 Å². The number of piperidine rings is 1. The molecule has 7 heteroatoms. The number of thiazole rings is 1. The summed E-state index contributed by atoms with van der Waals surface area (Å²) in [6, 6.07) is 17.9. The second-order valence-electron chi connectivity index (χ2n) is 6.97. The molecule has 6 nitrogen and oxygen atoms in total. The minimum Gasteiger partial charge on any atom is -0.337 e. The molecule has 2 aromatic heterocycles. The SMILES string of the molecule is O=C(c1cn(-c2ccccc2)nn1)N1CCC(c2nc3ccccc3s2)CC1. The second-order valence-corrected chi connectivity index (χ2v) is 8.03. The van der Waals surface area contributed by atoms with Gasteiger partial charge in [0, 0.05) is 19.0 Å². The normalized spacial score (nSPS) is 15.2. The number of benzene rings is 2. The highest BCUT2D eigenvalue weighted by Gasteiger charge is 2.27. The molecule has 0 spiro atoms. The van der Waals surface area contributed by atoms with Gasteiger partial charge in [0.1, 0.15) is 0 Å². The molecule has 1 aliphatic heterocycles. The van der Waals surface area contributed by atoms with Gasteiger partial charge in [0.2, 0.25) is 0 Å². The summed E-state index contributed by atoms with van der Waals surface area (Å²) in [5.74, 6) is 0.367. The van der Waals surface area contributed by atoms with Gasteiger partial charge in [-0.15, -0.1) is 16.4 Å². The molecule has 3 heterocycles. The molecule has 0 unspecified atom stereocenters. The molecule has 1 fully saturated rings. The number of amides is 1. The van der Waals surface area contributed by atoms with E-state index >= 15 is 0 Å². The molecule has 0 saturated carbocycles. The Morgan fingerprint density at radius 3 is 2.54 bits per heavy atom. The summed E-state index contributed by atoms with van der Waals surface area (Å²) in [6.45, 7) is 1.44. The van der Waals surface area contributed by atoms with E-state index in [0.29, 0.717) is 11.6 Å². The van der Waals surface area contributed by atoms with Crippen LogP contribution in [0.15, 0.2) is 60.8 Å². The Balaban J connectivity index is 1.26. The van der Waals surface area contributed by atoms with Crippen LogP contribution in [0.3, 0.4) is 0 Å². The fourth-order valence-corrected chi connectivity index (χ4v) is 4.76. The maximum absolute atomic E-state index is 12.8. The molecule has 1 amide bonds. The molecule has 0 radical (unpaired) electrons. The van der Waals surface area contributed by atoms with Gasteiger partial charge in [-0.05, 0) is 37.1 Å². The van der Waals surface area contributed by atoms with E-state index in [-0.39, 0.29) is 5.91 Å². The van der Waals surface area contributed by atoms with Crippen LogP contribution in [0.25, 0.3) is 15.9 Å². The molecule has 28 heavy (non-hydrogen) atoms. The van der Waals surface area contributed by atoms with Gasteiger partial charge in [0.05, 0.1) is 27.1 Å². The Morgan fingerprint density at radius 1 is 1.00 bits per heavy atom. The monoisotopic (exact) mass is 389 g/mol. The quantitative estimate of drug-likeness (QED) is 0.533. The molecule has 5 rings (SSSR count). The summed E-state index contributed by atoms with van der Waals surface area (Å²) in [5.41, 5.74) is 2.35. The summed E-state index contributed by atoms with van der Waals surface area (Å²) in [4.78, 5) is 19.5. The van der Waals surface area contributed by atoms with Crippen LogP contribution >= 0.6 is 11.3 Å². The number of likely N-dealkylation sites (tertiary alicyclic amines) is 1. The summed E-state index contributed by atoms with van der Waals surface area (Å²) in [7, 11) is 0. The maximum Gasteiger partial charge on any atom is 0.276 e. The number of nitrogens with zero attached hydrogens (tertiary/aromatic N) is 5. The Hall–Kier alpha value is -3.06. The zero-order chi connectivity index (χ0) is 18.9. The van der Waals surface area contributed by atoms with Crippen molar-refractivity contribution in [2.45, 2.75) is 18.8 Å². The number of fused-ring (bicyclic) bond motifs is 1. The third-order valence-corrected chi connectivity index (χ3v) is 6.37. The number of carbonyl (C=O) groups is 1. The van der Waals surface area contributed by atoms with Crippen LogP contribution in [0.1, 0.15) is 34.3 Å². The van der Waals surface area contributed by atoms with Crippen molar-refractivity contribution in [3.05, 3.63) is 71.5 Å². The summed E-state index contributed by atoms with van der Waals surface area (Å²) in [6.07, 6.45) is 3.56. The van der Waals surface area contributed by atoms with Crippen molar-refractivity contribution in [3.8, 4) is 5.69 Å². The predicted octanol–water partition coefficient (Wildman–Crippen LogP) is 3.90. The van der Waals surface area contributed by atoms with Crippen molar-refractivity contribution in [1.82, 2.24) is 24.9 Å². The van der Waals surface area contributed by atoms with E-state index in [1.165, 1.54) is 9.71 Å². The molecule has 1 aliphatic rings. The van der Waals surface area contributed by atoms with Crippen LogP contribution in [-0.4, -0.2) is 43.9 Å². The van der Waals surface area contributed by atoms with E-state index in [0.717, 1.165) is 37.1 Å². The molecular weight excluding hydrogens is 370 g/mol. The summed E-state index contributed by atoms with van der Waals surface area (Å²) < 4.78 is 2.87. The highest BCUT2D eigenvalue weighted by atomic mass is 32.1. The van der Waals surface area contributed by atoms with Gasteiger partial charge >= 0.3 is 0 Å². The third kappa shape index (κ3) is 3.18. The number of carbonyl (C=O) groups excluding carboxylic acids is 1.